The third-order valence-corrected chi connectivity index (χ3v) is 3.81. The molecule has 0 aliphatic heterocycles. The fourth-order valence-corrected chi connectivity index (χ4v) is 1.97. The smallest absolute Gasteiger partial charge is 0.459 e. The summed E-state index contributed by atoms with van der Waals surface area (Å²) >= 11 is 0. The first kappa shape index (κ1) is 33.6. The van der Waals surface area contributed by atoms with E-state index < -0.39 is 86.2 Å². The summed E-state index contributed by atoms with van der Waals surface area (Å²) in [6, 6.07) is 0. The van der Waals surface area contributed by atoms with E-state index in [9.17, 15) is 71.1 Å². The summed E-state index contributed by atoms with van der Waals surface area (Å²) in [7, 11) is 0. The van der Waals surface area contributed by atoms with Crippen LogP contribution in [0.15, 0.2) is 12.2 Å². The van der Waals surface area contributed by atoms with Crippen molar-refractivity contribution in [3.05, 3.63) is 12.2 Å². The van der Waals surface area contributed by atoms with Gasteiger partial charge in [-0.1, -0.05) is 0 Å². The van der Waals surface area contributed by atoms with Crippen molar-refractivity contribution < 1.29 is 90.7 Å². The van der Waals surface area contributed by atoms with Gasteiger partial charge in [-0.25, -0.2) is 9.59 Å². The number of carbonyl (C=O) groups excluding carboxylic acids is 2. The van der Waals surface area contributed by atoms with E-state index in [0.29, 0.717) is 0 Å². The van der Waals surface area contributed by atoms with E-state index in [1.807, 2.05) is 0 Å². The molecule has 0 aliphatic carbocycles. The predicted octanol–water partition coefficient (Wildman–Crippen LogP) is 3.80. The molecule has 0 saturated carbocycles. The lowest BCUT2D eigenvalue weighted by atomic mass is 10.0. The number of alkyl halides is 14. The summed E-state index contributed by atoms with van der Waals surface area (Å²) in [5.41, 5.74) is 0. The number of aliphatic hydroxyl groups excluding tert-OH is 2. The Morgan fingerprint density at radius 1 is 0.583 bits per heavy atom. The number of hydrogen-bond donors (Lipinski definition) is 2. The third kappa shape index (κ3) is 8.63. The lowest BCUT2D eigenvalue weighted by Crippen LogP contribution is -2.53. The van der Waals surface area contributed by atoms with Crippen LogP contribution in [0.4, 0.5) is 61.5 Å². The van der Waals surface area contributed by atoms with Crippen LogP contribution in [0, 0.1) is 0 Å². The van der Waals surface area contributed by atoms with E-state index in [1.165, 1.54) is 0 Å². The first-order chi connectivity index (χ1) is 15.8. The number of aliphatic hydroxyl groups is 2. The maximum absolute atomic E-state index is 13.1. The Labute approximate surface area is 190 Å². The Morgan fingerprint density at radius 2 is 0.833 bits per heavy atom. The van der Waals surface area contributed by atoms with Gasteiger partial charge >= 0.3 is 48.0 Å². The molecule has 2 N–H and O–H groups in total. The van der Waals surface area contributed by atoms with Gasteiger partial charge in [-0.2, -0.15) is 61.5 Å². The molecular weight excluding hydrogens is 554 g/mol. The molecule has 0 amide bonds. The molecule has 0 bridgehead atoms. The van der Waals surface area contributed by atoms with Gasteiger partial charge in [0.2, 0.25) is 0 Å². The molecule has 0 saturated heterocycles. The highest BCUT2D eigenvalue weighted by molar-refractivity contribution is 5.91. The number of halogens is 14. The molecule has 20 heteroatoms. The largest absolute Gasteiger partial charge is 0.460 e. The van der Waals surface area contributed by atoms with Crippen LogP contribution in [0.25, 0.3) is 0 Å². The Balaban J connectivity index is 4.71. The van der Waals surface area contributed by atoms with Gasteiger partial charge in [0.1, 0.15) is 13.2 Å². The lowest BCUT2D eigenvalue weighted by molar-refractivity contribution is -0.358. The summed E-state index contributed by atoms with van der Waals surface area (Å²) in [5.74, 6) is -28.2. The Morgan fingerprint density at radius 3 is 1.06 bits per heavy atom. The highest BCUT2D eigenvalue weighted by Crippen LogP contribution is 2.49. The number of esters is 2. The van der Waals surface area contributed by atoms with E-state index in [-0.39, 0.29) is 12.2 Å². The number of ether oxygens (including phenoxy) is 2. The highest BCUT2D eigenvalue weighted by atomic mass is 19.4. The van der Waals surface area contributed by atoms with Gasteiger partial charge in [-0.3, -0.25) is 0 Å². The van der Waals surface area contributed by atoms with E-state index in [4.69, 9.17) is 10.2 Å². The molecule has 2 unspecified atom stereocenters. The van der Waals surface area contributed by atoms with Gasteiger partial charge in [-0.05, 0) is 0 Å². The summed E-state index contributed by atoms with van der Waals surface area (Å²) in [5, 5.41) is 18.2. The summed E-state index contributed by atoms with van der Waals surface area (Å²) < 4.78 is 183. The topological polar surface area (TPSA) is 93.1 Å². The second-order valence-electron chi connectivity index (χ2n) is 6.86. The van der Waals surface area contributed by atoms with Crippen LogP contribution in [0.2, 0.25) is 0 Å². The van der Waals surface area contributed by atoms with Crippen molar-refractivity contribution in [1.29, 1.82) is 0 Å². The normalized spacial score (nSPS) is 16.1. The van der Waals surface area contributed by atoms with Crippen LogP contribution < -0.4 is 0 Å². The summed E-state index contributed by atoms with van der Waals surface area (Å²) in [4.78, 5) is 22.4. The molecule has 0 aromatic rings. The molecule has 0 aromatic heterocycles. The average Bonchev–Trinajstić information content (AvgIpc) is 2.66. The first-order valence-electron chi connectivity index (χ1n) is 8.81. The minimum atomic E-state index is -6.68. The number of rotatable bonds is 12. The van der Waals surface area contributed by atoms with E-state index in [0.717, 1.165) is 0 Å². The zero-order valence-corrected chi connectivity index (χ0v) is 17.0. The first-order valence-corrected chi connectivity index (χ1v) is 8.81. The van der Waals surface area contributed by atoms with Crippen LogP contribution in [-0.4, -0.2) is 83.6 Å². The van der Waals surface area contributed by atoms with E-state index >= 15 is 0 Å². The van der Waals surface area contributed by atoms with Gasteiger partial charge in [0, 0.05) is 25.0 Å². The molecule has 0 fully saturated rings. The standard InChI is InChI=1S/C16H14F14O6/c17-11(18,13(21,22)15(25,26)27)3-7(31)5-35-9(33)1-2-10(34)36-6-8(32)4-12(19,20)14(23,24)16(28,29)30/h1-2,7-8,31-32H,3-6H2/b2-1-. The minimum absolute atomic E-state index is 0.0519. The molecule has 212 valence electrons. The van der Waals surface area contributed by atoms with Crippen LogP contribution in [0.5, 0.6) is 0 Å². The van der Waals surface area contributed by atoms with Crippen LogP contribution in [-0.2, 0) is 19.1 Å². The average molecular weight is 568 g/mol. The Kier molecular flexibility index (Phi) is 10.6. The van der Waals surface area contributed by atoms with Gasteiger partial charge in [0.05, 0.1) is 12.2 Å². The maximum Gasteiger partial charge on any atom is 0.459 e. The van der Waals surface area contributed by atoms with Crippen molar-refractivity contribution in [2.75, 3.05) is 13.2 Å². The van der Waals surface area contributed by atoms with Crippen molar-refractivity contribution >= 4 is 11.9 Å². The predicted molar refractivity (Wildman–Crippen MR) is 84.2 cm³/mol. The van der Waals surface area contributed by atoms with Gasteiger partial charge < -0.3 is 19.7 Å². The molecule has 0 rings (SSSR count). The number of hydrogen-bond acceptors (Lipinski definition) is 6. The van der Waals surface area contributed by atoms with Crippen molar-refractivity contribution in [1.82, 2.24) is 0 Å². The zero-order chi connectivity index (χ0) is 29.0. The second-order valence-corrected chi connectivity index (χ2v) is 6.86. The molecule has 0 radical (unpaired) electrons. The van der Waals surface area contributed by atoms with Crippen molar-refractivity contribution in [3.8, 4) is 0 Å². The van der Waals surface area contributed by atoms with Crippen LogP contribution in [0.1, 0.15) is 12.8 Å². The van der Waals surface area contributed by atoms with Crippen LogP contribution in [0.3, 0.4) is 0 Å². The molecule has 6 nitrogen and oxygen atoms in total. The lowest BCUT2D eigenvalue weighted by Gasteiger charge is -2.29. The van der Waals surface area contributed by atoms with Crippen LogP contribution >= 0.6 is 0 Å². The summed E-state index contributed by atoms with van der Waals surface area (Å²) in [6.07, 6.45) is -23.8. The SMILES string of the molecule is O=C(/C=C\C(=O)OCC(O)CC(F)(F)C(F)(F)C(F)(F)F)OCC(O)CC(F)(F)C(F)(F)C(F)(F)F. The summed E-state index contributed by atoms with van der Waals surface area (Å²) in [6.45, 7) is -3.16. The van der Waals surface area contributed by atoms with Gasteiger partial charge in [0.25, 0.3) is 0 Å². The molecular formula is C16H14F14O6. The molecule has 0 spiro atoms. The third-order valence-electron chi connectivity index (χ3n) is 3.81. The van der Waals surface area contributed by atoms with E-state index in [2.05, 4.69) is 9.47 Å². The monoisotopic (exact) mass is 568 g/mol. The van der Waals surface area contributed by atoms with E-state index in [1.54, 1.807) is 0 Å². The van der Waals surface area contributed by atoms with Crippen molar-refractivity contribution in [2.24, 2.45) is 0 Å². The number of carbonyl (C=O) groups is 2. The van der Waals surface area contributed by atoms with Crippen molar-refractivity contribution in [3.63, 3.8) is 0 Å². The Bertz CT molecular complexity index is 725. The minimum Gasteiger partial charge on any atom is -0.460 e. The molecule has 0 aliphatic rings. The Hall–Kier alpha value is -2.38. The molecule has 36 heavy (non-hydrogen) atoms. The van der Waals surface area contributed by atoms with Gasteiger partial charge in [-0.15, -0.1) is 0 Å². The second kappa shape index (κ2) is 11.3. The quantitative estimate of drug-likeness (QED) is 0.212. The maximum atomic E-state index is 13.1. The van der Waals surface area contributed by atoms with Gasteiger partial charge in [0.15, 0.2) is 0 Å². The molecule has 2 atom stereocenters. The fraction of sp³-hybridized carbons (Fsp3) is 0.750. The zero-order valence-electron chi connectivity index (χ0n) is 17.0. The van der Waals surface area contributed by atoms with Crippen molar-refractivity contribution in [2.45, 2.75) is 61.1 Å². The molecule has 0 aromatic carbocycles. The fourth-order valence-electron chi connectivity index (χ4n) is 1.97. The highest BCUT2D eigenvalue weighted by Gasteiger charge is 2.73. The molecule has 0 heterocycles.